The van der Waals surface area contributed by atoms with Crippen LogP contribution in [0.15, 0.2) is 77.4 Å². The topological polar surface area (TPSA) is 0 Å². The molecule has 0 N–H and O–H groups in total. The molecule has 3 aromatic carbocycles. The number of allylic oxidation sites excluding steroid dienone is 4. The summed E-state index contributed by atoms with van der Waals surface area (Å²) < 4.78 is 0. The van der Waals surface area contributed by atoms with Gasteiger partial charge < -0.3 is 24.8 Å². The van der Waals surface area contributed by atoms with Crippen LogP contribution >= 0.6 is 0 Å². The molecular weight excluding hydrogens is 527 g/mol. The van der Waals surface area contributed by atoms with Gasteiger partial charge in [0.2, 0.25) is 0 Å². The fraction of sp³-hybridized carbons (Fsp3) is 0.321. The molecule has 4 rings (SSSR count). The summed E-state index contributed by atoms with van der Waals surface area (Å²) in [6, 6.07) is 21.8. The monoisotopic (exact) mass is 558 g/mol. The van der Waals surface area contributed by atoms with Crippen molar-refractivity contribution < 1.29 is 48.1 Å². The molecule has 1 atom stereocenters. The van der Waals surface area contributed by atoms with Crippen LogP contribution in [-0.4, -0.2) is 5.43 Å². The average Bonchev–Trinajstić information content (AvgIpc) is 3.25. The van der Waals surface area contributed by atoms with Crippen molar-refractivity contribution in [2.75, 3.05) is 0 Å². The molecule has 1 aliphatic carbocycles. The molecule has 1 aliphatic rings. The fourth-order valence-corrected chi connectivity index (χ4v) is 3.53. The Kier molecular flexibility index (Phi) is 14.8. The second-order valence-electron chi connectivity index (χ2n) is 8.19. The van der Waals surface area contributed by atoms with Crippen molar-refractivity contribution in [3.05, 3.63) is 89.0 Å². The van der Waals surface area contributed by atoms with Crippen molar-refractivity contribution in [3.63, 3.8) is 0 Å². The van der Waals surface area contributed by atoms with E-state index < -0.39 is 0 Å². The van der Waals surface area contributed by atoms with Crippen molar-refractivity contribution in [2.45, 2.75) is 54.1 Å². The van der Waals surface area contributed by atoms with Gasteiger partial charge in [-0.3, -0.25) is 6.08 Å². The van der Waals surface area contributed by atoms with E-state index in [2.05, 4.69) is 114 Å². The second kappa shape index (κ2) is 15.2. The van der Waals surface area contributed by atoms with E-state index in [-0.39, 0.29) is 30.2 Å². The van der Waals surface area contributed by atoms with Crippen LogP contribution in [0.5, 0.6) is 0 Å². The molecular formula is C28H34Cl2SiZr-2. The van der Waals surface area contributed by atoms with Gasteiger partial charge in [-0.1, -0.05) is 75.6 Å². The van der Waals surface area contributed by atoms with E-state index in [4.69, 9.17) is 0 Å². The molecule has 0 saturated carbocycles. The summed E-state index contributed by atoms with van der Waals surface area (Å²) in [6.07, 6.45) is 4.46. The van der Waals surface area contributed by atoms with Gasteiger partial charge in [-0.15, -0.1) is 41.5 Å². The van der Waals surface area contributed by atoms with Gasteiger partial charge in [0.1, 0.15) is 0 Å². The third-order valence-corrected chi connectivity index (χ3v) is 5.54. The second-order valence-corrected chi connectivity index (χ2v) is 17.6. The number of benzene rings is 2. The zero-order valence-electron chi connectivity index (χ0n) is 20.3. The fourth-order valence-electron chi connectivity index (χ4n) is 3.53. The first-order chi connectivity index (χ1) is 14.2. The summed E-state index contributed by atoms with van der Waals surface area (Å²) in [5, 5.41) is 2.72. The number of hydrogen-bond donors (Lipinski definition) is 0. The first-order valence-electron chi connectivity index (χ1n) is 10.8. The molecule has 0 radical (unpaired) electrons. The molecule has 0 aliphatic heterocycles. The van der Waals surface area contributed by atoms with E-state index in [1.807, 2.05) is 0 Å². The van der Waals surface area contributed by atoms with Gasteiger partial charge in [-0.2, -0.15) is 17.2 Å². The van der Waals surface area contributed by atoms with Crippen LogP contribution in [0.4, 0.5) is 0 Å². The van der Waals surface area contributed by atoms with E-state index >= 15 is 0 Å². The smallest absolute Gasteiger partial charge is 1.00 e. The predicted molar refractivity (Wildman–Crippen MR) is 132 cm³/mol. The van der Waals surface area contributed by atoms with Crippen LogP contribution in [0.2, 0.25) is 13.1 Å². The summed E-state index contributed by atoms with van der Waals surface area (Å²) in [4.78, 5) is 0. The SMILES string of the molecule is CC1=[C-]C(C)C(C)=C1C.CCc1cc2c(-c3ccccc3)cccc2[cH-]1.C[Si](C)=[Zr+2].[Cl-].[Cl-]. The Balaban J connectivity index is 0.000000547. The Labute approximate surface area is 223 Å². The van der Waals surface area contributed by atoms with Gasteiger partial charge in [-0.05, 0) is 12.0 Å². The maximum atomic E-state index is 3.36. The van der Waals surface area contributed by atoms with Crippen molar-refractivity contribution >= 4 is 16.2 Å². The van der Waals surface area contributed by atoms with Gasteiger partial charge in [0.25, 0.3) is 0 Å². The summed E-state index contributed by atoms with van der Waals surface area (Å²) in [5.41, 5.74) is 8.51. The van der Waals surface area contributed by atoms with Gasteiger partial charge >= 0.3 is 41.9 Å². The molecule has 0 nitrogen and oxygen atoms in total. The van der Waals surface area contributed by atoms with Crippen molar-refractivity contribution in [2.24, 2.45) is 5.92 Å². The summed E-state index contributed by atoms with van der Waals surface area (Å²) in [7, 11) is 0. The third-order valence-electron chi connectivity index (χ3n) is 5.54. The number of hydrogen-bond acceptors (Lipinski definition) is 0. The standard InChI is InChI=1S/C17H15.C9H13.C2H6Si.2ClH.Zr/c1-2-13-11-15-9-6-10-16(17(15)12-13)14-7-4-3-5-8-14;1-6-5-7(2)9(4)8(6)3;1-3-2;;;/h3-12H,2H2,1H3;6H,1-4H3;1-2H3;2*1H;/q2*-1;;;;+2/p-2. The van der Waals surface area contributed by atoms with Gasteiger partial charge in [0.05, 0.1) is 0 Å². The Morgan fingerprint density at radius 1 is 0.969 bits per heavy atom. The molecule has 1 unspecified atom stereocenters. The maximum absolute atomic E-state index is 3.36. The molecule has 0 heterocycles. The molecule has 4 heteroatoms. The first kappa shape index (κ1) is 31.2. The van der Waals surface area contributed by atoms with Crippen LogP contribution in [0.3, 0.4) is 0 Å². The van der Waals surface area contributed by atoms with Crippen molar-refractivity contribution in [1.82, 2.24) is 0 Å². The summed E-state index contributed by atoms with van der Waals surface area (Å²) in [6.45, 7) is 15.5. The van der Waals surface area contributed by atoms with Gasteiger partial charge in [-0.25, -0.2) is 5.57 Å². The first-order valence-corrected chi connectivity index (χ1v) is 17.0. The van der Waals surface area contributed by atoms with Crippen LogP contribution < -0.4 is 24.8 Å². The zero-order chi connectivity index (χ0) is 22.3. The van der Waals surface area contributed by atoms with Crippen molar-refractivity contribution in [3.8, 4) is 11.1 Å². The van der Waals surface area contributed by atoms with Crippen LogP contribution in [0, 0.1) is 12.0 Å². The van der Waals surface area contributed by atoms with E-state index in [0.29, 0.717) is 5.92 Å². The maximum Gasteiger partial charge on any atom is -1.00 e. The largest absolute Gasteiger partial charge is 1.00 e. The third kappa shape index (κ3) is 8.86. The molecule has 0 aromatic heterocycles. The number of fused-ring (bicyclic) bond motifs is 1. The van der Waals surface area contributed by atoms with Crippen LogP contribution in [0.25, 0.3) is 21.9 Å². The van der Waals surface area contributed by atoms with E-state index in [1.165, 1.54) is 44.2 Å². The quantitative estimate of drug-likeness (QED) is 0.334. The predicted octanol–water partition coefficient (Wildman–Crippen LogP) is 2.30. The number of rotatable bonds is 2. The van der Waals surface area contributed by atoms with Gasteiger partial charge in [0.15, 0.2) is 0 Å². The molecule has 0 saturated heterocycles. The molecule has 0 bridgehead atoms. The minimum absolute atomic E-state index is 0. The molecule has 32 heavy (non-hydrogen) atoms. The Morgan fingerprint density at radius 2 is 1.56 bits per heavy atom. The molecule has 0 amide bonds. The van der Waals surface area contributed by atoms with E-state index in [1.54, 1.807) is 23.3 Å². The Morgan fingerprint density at radius 3 is 2.00 bits per heavy atom. The van der Waals surface area contributed by atoms with Crippen molar-refractivity contribution in [1.29, 1.82) is 0 Å². The minimum Gasteiger partial charge on any atom is -1.00 e. The molecule has 0 spiro atoms. The average molecular weight is 561 g/mol. The minimum atomic E-state index is 0. The Bertz CT molecular complexity index is 1060. The molecule has 0 fully saturated rings. The summed E-state index contributed by atoms with van der Waals surface area (Å²) >= 11 is 1.74. The molecule has 170 valence electrons. The normalized spacial score (nSPS) is 14.3. The van der Waals surface area contributed by atoms with Gasteiger partial charge in [0, 0.05) is 0 Å². The van der Waals surface area contributed by atoms with Crippen LogP contribution in [0.1, 0.15) is 40.2 Å². The summed E-state index contributed by atoms with van der Waals surface area (Å²) in [5.74, 6) is 0.560. The van der Waals surface area contributed by atoms with E-state index in [9.17, 15) is 0 Å². The number of aryl methyl sites for hydroxylation is 1. The zero-order valence-corrected chi connectivity index (χ0v) is 25.3. The number of halogens is 2. The Hall–Kier alpha value is -0.790. The van der Waals surface area contributed by atoms with Crippen LogP contribution in [-0.2, 0) is 29.8 Å². The molecule has 3 aromatic rings. The van der Waals surface area contributed by atoms with E-state index in [0.717, 1.165) is 6.42 Å².